The summed E-state index contributed by atoms with van der Waals surface area (Å²) in [7, 11) is 0. The Labute approximate surface area is 111 Å². The molecule has 0 saturated carbocycles. The van der Waals surface area contributed by atoms with Crippen molar-refractivity contribution in [2.45, 2.75) is 31.7 Å². The third-order valence-corrected chi connectivity index (χ3v) is 3.50. The molecule has 0 radical (unpaired) electrons. The molecule has 5 heteroatoms. The van der Waals surface area contributed by atoms with Crippen LogP contribution in [0.4, 0.5) is 8.78 Å². The van der Waals surface area contributed by atoms with Crippen LogP contribution >= 0.6 is 0 Å². The highest BCUT2D eigenvalue weighted by atomic mass is 19.2. The predicted molar refractivity (Wildman–Crippen MR) is 68.7 cm³/mol. The van der Waals surface area contributed by atoms with Crippen LogP contribution in [0.5, 0.6) is 0 Å². The van der Waals surface area contributed by atoms with Crippen molar-refractivity contribution in [3.63, 3.8) is 0 Å². The SMILES string of the molecule is CC1(NC(=O)Cc2ccc(F)c(F)c2)CCNCC1. The highest BCUT2D eigenvalue weighted by Gasteiger charge is 2.28. The molecule has 1 saturated heterocycles. The number of nitrogens with one attached hydrogen (secondary N) is 2. The lowest BCUT2D eigenvalue weighted by atomic mass is 9.90. The zero-order chi connectivity index (χ0) is 13.9. The first-order chi connectivity index (χ1) is 8.98. The molecule has 3 nitrogen and oxygen atoms in total. The lowest BCUT2D eigenvalue weighted by Gasteiger charge is -2.35. The van der Waals surface area contributed by atoms with E-state index >= 15 is 0 Å². The quantitative estimate of drug-likeness (QED) is 0.877. The monoisotopic (exact) mass is 268 g/mol. The molecule has 1 aromatic carbocycles. The van der Waals surface area contributed by atoms with Crippen molar-refractivity contribution in [2.75, 3.05) is 13.1 Å². The minimum atomic E-state index is -0.918. The number of hydrogen-bond donors (Lipinski definition) is 2. The summed E-state index contributed by atoms with van der Waals surface area (Å²) in [5.41, 5.74) is 0.273. The first-order valence-electron chi connectivity index (χ1n) is 6.44. The van der Waals surface area contributed by atoms with Gasteiger partial charge in [0.15, 0.2) is 11.6 Å². The van der Waals surface area contributed by atoms with E-state index in [0.717, 1.165) is 38.1 Å². The van der Waals surface area contributed by atoms with Gasteiger partial charge in [-0.15, -0.1) is 0 Å². The van der Waals surface area contributed by atoms with Gasteiger partial charge in [-0.1, -0.05) is 6.07 Å². The molecule has 1 aliphatic rings. The molecule has 0 atom stereocenters. The maximum atomic E-state index is 13.0. The number of hydrogen-bond acceptors (Lipinski definition) is 2. The van der Waals surface area contributed by atoms with Gasteiger partial charge in [-0.3, -0.25) is 4.79 Å². The zero-order valence-corrected chi connectivity index (χ0v) is 10.9. The van der Waals surface area contributed by atoms with E-state index in [1.807, 2.05) is 6.92 Å². The van der Waals surface area contributed by atoms with Gasteiger partial charge in [0, 0.05) is 5.54 Å². The first-order valence-corrected chi connectivity index (χ1v) is 6.44. The maximum Gasteiger partial charge on any atom is 0.224 e. The number of piperidine rings is 1. The molecule has 2 rings (SSSR count). The summed E-state index contributed by atoms with van der Waals surface area (Å²) in [5.74, 6) is -1.97. The molecule has 104 valence electrons. The molecule has 0 spiro atoms. The highest BCUT2D eigenvalue weighted by Crippen LogP contribution is 2.17. The van der Waals surface area contributed by atoms with Gasteiger partial charge in [0.05, 0.1) is 6.42 Å². The Hall–Kier alpha value is -1.49. The van der Waals surface area contributed by atoms with Crippen molar-refractivity contribution in [3.05, 3.63) is 35.4 Å². The van der Waals surface area contributed by atoms with Crippen LogP contribution in [0.1, 0.15) is 25.3 Å². The number of benzene rings is 1. The van der Waals surface area contributed by atoms with Gasteiger partial charge >= 0.3 is 0 Å². The molecule has 1 fully saturated rings. The Morgan fingerprint density at radius 2 is 2.00 bits per heavy atom. The van der Waals surface area contributed by atoms with Crippen LogP contribution < -0.4 is 10.6 Å². The van der Waals surface area contributed by atoms with E-state index in [-0.39, 0.29) is 17.9 Å². The van der Waals surface area contributed by atoms with E-state index in [2.05, 4.69) is 10.6 Å². The minimum absolute atomic E-state index is 0.0697. The van der Waals surface area contributed by atoms with Crippen LogP contribution in [0.15, 0.2) is 18.2 Å². The van der Waals surface area contributed by atoms with Crippen LogP contribution in [0, 0.1) is 11.6 Å². The molecule has 1 amide bonds. The Morgan fingerprint density at radius 1 is 1.32 bits per heavy atom. The van der Waals surface area contributed by atoms with Gasteiger partial charge in [0.25, 0.3) is 0 Å². The first kappa shape index (κ1) is 13.9. The molecular formula is C14H18F2N2O. The lowest BCUT2D eigenvalue weighted by molar-refractivity contribution is -0.122. The normalized spacial score (nSPS) is 18.1. The van der Waals surface area contributed by atoms with Gasteiger partial charge in [-0.05, 0) is 50.6 Å². The van der Waals surface area contributed by atoms with Crippen molar-refractivity contribution < 1.29 is 13.6 Å². The number of rotatable bonds is 3. The number of halogens is 2. The number of amides is 1. The minimum Gasteiger partial charge on any atom is -0.351 e. The third-order valence-electron chi connectivity index (χ3n) is 3.50. The summed E-state index contributed by atoms with van der Waals surface area (Å²) in [5, 5.41) is 6.22. The fraction of sp³-hybridized carbons (Fsp3) is 0.500. The molecule has 0 unspecified atom stereocenters. The van der Waals surface area contributed by atoms with Crippen molar-refractivity contribution in [1.29, 1.82) is 0 Å². The third kappa shape index (κ3) is 3.73. The van der Waals surface area contributed by atoms with Crippen LogP contribution in [0.25, 0.3) is 0 Å². The second kappa shape index (κ2) is 5.65. The summed E-state index contributed by atoms with van der Waals surface area (Å²) >= 11 is 0. The zero-order valence-electron chi connectivity index (χ0n) is 10.9. The Balaban J connectivity index is 1.95. The van der Waals surface area contributed by atoms with E-state index in [1.165, 1.54) is 6.07 Å². The number of carbonyl (C=O) groups excluding carboxylic acids is 1. The van der Waals surface area contributed by atoms with E-state index in [4.69, 9.17) is 0 Å². The maximum absolute atomic E-state index is 13.0. The van der Waals surface area contributed by atoms with Crippen LogP contribution in [-0.2, 0) is 11.2 Å². The molecule has 0 bridgehead atoms. The number of carbonyl (C=O) groups is 1. The summed E-state index contributed by atoms with van der Waals surface area (Å²) < 4.78 is 25.8. The highest BCUT2D eigenvalue weighted by molar-refractivity contribution is 5.79. The molecular weight excluding hydrogens is 250 g/mol. The summed E-state index contributed by atoms with van der Waals surface area (Å²) in [6.45, 7) is 3.76. The fourth-order valence-corrected chi connectivity index (χ4v) is 2.32. The van der Waals surface area contributed by atoms with Crippen molar-refractivity contribution >= 4 is 5.91 Å². The van der Waals surface area contributed by atoms with E-state index in [9.17, 15) is 13.6 Å². The van der Waals surface area contributed by atoms with Crippen LogP contribution in [0.3, 0.4) is 0 Å². The van der Waals surface area contributed by atoms with Crippen LogP contribution in [-0.4, -0.2) is 24.5 Å². The standard InChI is InChI=1S/C14H18F2N2O/c1-14(4-6-17-7-5-14)18-13(19)9-10-2-3-11(15)12(16)8-10/h2-3,8,17H,4-7,9H2,1H3,(H,18,19). The second-order valence-corrected chi connectivity index (χ2v) is 5.28. The average molecular weight is 268 g/mol. The van der Waals surface area contributed by atoms with Gasteiger partial charge in [-0.25, -0.2) is 8.78 Å². The summed E-state index contributed by atoms with van der Waals surface area (Å²) in [4.78, 5) is 11.9. The Morgan fingerprint density at radius 3 is 2.63 bits per heavy atom. The van der Waals surface area contributed by atoms with E-state index in [1.54, 1.807) is 0 Å². The molecule has 0 aromatic heterocycles. The van der Waals surface area contributed by atoms with Crippen molar-refractivity contribution in [1.82, 2.24) is 10.6 Å². The van der Waals surface area contributed by atoms with Crippen LogP contribution in [0.2, 0.25) is 0 Å². The largest absolute Gasteiger partial charge is 0.351 e. The van der Waals surface area contributed by atoms with E-state index in [0.29, 0.717) is 5.56 Å². The lowest BCUT2D eigenvalue weighted by Crippen LogP contribution is -2.52. The molecule has 0 aliphatic carbocycles. The summed E-state index contributed by atoms with van der Waals surface area (Å²) in [6.07, 6.45) is 1.81. The fourth-order valence-electron chi connectivity index (χ4n) is 2.32. The Bertz CT molecular complexity index is 471. The molecule has 1 aliphatic heterocycles. The summed E-state index contributed by atoms with van der Waals surface area (Å²) in [6, 6.07) is 3.55. The average Bonchev–Trinajstić information content (AvgIpc) is 2.34. The van der Waals surface area contributed by atoms with Gasteiger partial charge in [0.1, 0.15) is 0 Å². The smallest absolute Gasteiger partial charge is 0.224 e. The predicted octanol–water partition coefficient (Wildman–Crippen LogP) is 1.77. The molecule has 19 heavy (non-hydrogen) atoms. The topological polar surface area (TPSA) is 41.1 Å². The van der Waals surface area contributed by atoms with Crippen molar-refractivity contribution in [2.24, 2.45) is 0 Å². The van der Waals surface area contributed by atoms with E-state index < -0.39 is 11.6 Å². The van der Waals surface area contributed by atoms with Gasteiger partial charge in [-0.2, -0.15) is 0 Å². The van der Waals surface area contributed by atoms with Gasteiger partial charge in [0.2, 0.25) is 5.91 Å². The molecule has 2 N–H and O–H groups in total. The van der Waals surface area contributed by atoms with Crippen molar-refractivity contribution in [3.8, 4) is 0 Å². The Kier molecular flexibility index (Phi) is 4.14. The molecule has 1 aromatic rings. The second-order valence-electron chi connectivity index (χ2n) is 5.28. The molecule has 1 heterocycles. The van der Waals surface area contributed by atoms with Gasteiger partial charge < -0.3 is 10.6 Å².